The fourth-order valence-corrected chi connectivity index (χ4v) is 3.57. The summed E-state index contributed by atoms with van der Waals surface area (Å²) in [4.78, 5) is 26.5. The Morgan fingerprint density at radius 2 is 2.07 bits per heavy atom. The first-order chi connectivity index (χ1) is 13.0. The number of hydrogen-bond donors (Lipinski definition) is 1. The molecule has 1 atom stereocenters. The minimum atomic E-state index is -0.501. The first kappa shape index (κ1) is 17.1. The largest absolute Gasteiger partial charge is 0.508 e. The molecular weight excluding hydrogens is 346 g/mol. The SMILES string of the molecule is CC1Cc2ccccc2N1C(=O)COC(=O)Cc1coc2cc(O)ccc12. The molecule has 0 saturated heterocycles. The summed E-state index contributed by atoms with van der Waals surface area (Å²) in [6.45, 7) is 1.68. The fraction of sp³-hybridized carbons (Fsp3) is 0.238. The van der Waals surface area contributed by atoms with Crippen LogP contribution < -0.4 is 4.90 Å². The van der Waals surface area contributed by atoms with Gasteiger partial charge in [0, 0.05) is 28.7 Å². The van der Waals surface area contributed by atoms with Gasteiger partial charge in [-0.3, -0.25) is 9.59 Å². The molecule has 1 unspecified atom stereocenters. The van der Waals surface area contributed by atoms with E-state index in [1.165, 1.54) is 18.4 Å². The molecular formula is C21H19NO5. The van der Waals surface area contributed by atoms with Gasteiger partial charge in [-0.05, 0) is 37.1 Å². The average Bonchev–Trinajstić information content (AvgIpc) is 3.19. The molecule has 2 aromatic carbocycles. The second kappa shape index (κ2) is 6.79. The monoisotopic (exact) mass is 365 g/mol. The van der Waals surface area contributed by atoms with Crippen molar-refractivity contribution in [3.8, 4) is 5.75 Å². The summed E-state index contributed by atoms with van der Waals surface area (Å²) in [5.41, 5.74) is 3.16. The third-order valence-corrected chi connectivity index (χ3v) is 4.81. The van der Waals surface area contributed by atoms with Gasteiger partial charge >= 0.3 is 5.97 Å². The number of rotatable bonds is 4. The van der Waals surface area contributed by atoms with E-state index in [0.717, 1.165) is 23.1 Å². The minimum absolute atomic E-state index is 0.00278. The lowest BCUT2D eigenvalue weighted by atomic mass is 10.1. The molecule has 1 amide bonds. The van der Waals surface area contributed by atoms with Crippen LogP contribution in [0.3, 0.4) is 0 Å². The second-order valence-electron chi connectivity index (χ2n) is 6.72. The number of fused-ring (bicyclic) bond motifs is 2. The zero-order valence-corrected chi connectivity index (χ0v) is 14.8. The highest BCUT2D eigenvalue weighted by molar-refractivity contribution is 5.98. The van der Waals surface area contributed by atoms with Gasteiger partial charge in [0.1, 0.15) is 11.3 Å². The Morgan fingerprint density at radius 1 is 1.26 bits per heavy atom. The lowest BCUT2D eigenvalue weighted by Crippen LogP contribution is -2.38. The van der Waals surface area contributed by atoms with Crippen LogP contribution in [-0.4, -0.2) is 29.6 Å². The summed E-state index contributed by atoms with van der Waals surface area (Å²) in [6, 6.07) is 12.5. The quantitative estimate of drug-likeness (QED) is 0.718. The highest BCUT2D eigenvalue weighted by Gasteiger charge is 2.31. The molecule has 4 rings (SSSR count). The van der Waals surface area contributed by atoms with E-state index in [4.69, 9.17) is 9.15 Å². The lowest BCUT2D eigenvalue weighted by molar-refractivity contribution is -0.147. The van der Waals surface area contributed by atoms with Crippen LogP contribution in [0.2, 0.25) is 0 Å². The Morgan fingerprint density at radius 3 is 2.93 bits per heavy atom. The number of anilines is 1. The number of esters is 1. The third kappa shape index (κ3) is 3.26. The summed E-state index contributed by atoms with van der Waals surface area (Å²) in [6.07, 6.45) is 2.26. The van der Waals surface area contributed by atoms with E-state index in [1.54, 1.807) is 11.0 Å². The van der Waals surface area contributed by atoms with Crippen molar-refractivity contribution in [2.24, 2.45) is 0 Å². The number of carbonyl (C=O) groups is 2. The first-order valence-corrected chi connectivity index (χ1v) is 8.77. The maximum absolute atomic E-state index is 12.6. The molecule has 138 valence electrons. The van der Waals surface area contributed by atoms with Crippen LogP contribution in [0.15, 0.2) is 53.1 Å². The van der Waals surface area contributed by atoms with Gasteiger partial charge in [0.2, 0.25) is 0 Å². The van der Waals surface area contributed by atoms with E-state index in [9.17, 15) is 14.7 Å². The highest BCUT2D eigenvalue weighted by atomic mass is 16.5. The predicted octanol–water partition coefficient (Wildman–Crippen LogP) is 3.20. The number of benzene rings is 2. The number of aromatic hydroxyl groups is 1. The number of para-hydroxylation sites is 1. The highest BCUT2D eigenvalue weighted by Crippen LogP contribution is 2.31. The van der Waals surface area contributed by atoms with Crippen molar-refractivity contribution in [1.82, 2.24) is 0 Å². The normalized spacial score (nSPS) is 15.7. The van der Waals surface area contributed by atoms with Gasteiger partial charge in [-0.2, -0.15) is 0 Å². The molecule has 2 heterocycles. The van der Waals surface area contributed by atoms with Crippen LogP contribution in [0, 0.1) is 0 Å². The smallest absolute Gasteiger partial charge is 0.310 e. The van der Waals surface area contributed by atoms with E-state index < -0.39 is 5.97 Å². The van der Waals surface area contributed by atoms with Crippen LogP contribution in [0.4, 0.5) is 5.69 Å². The maximum atomic E-state index is 12.6. The Kier molecular flexibility index (Phi) is 4.32. The number of furan rings is 1. The molecule has 0 bridgehead atoms. The lowest BCUT2D eigenvalue weighted by Gasteiger charge is -2.22. The van der Waals surface area contributed by atoms with Crippen LogP contribution >= 0.6 is 0 Å². The van der Waals surface area contributed by atoms with Crippen molar-refractivity contribution in [3.05, 3.63) is 59.9 Å². The van der Waals surface area contributed by atoms with Crippen LogP contribution in [-0.2, 0) is 27.2 Å². The Hall–Kier alpha value is -3.28. The molecule has 1 aliphatic heterocycles. The molecule has 0 aliphatic carbocycles. The molecule has 0 radical (unpaired) electrons. The van der Waals surface area contributed by atoms with Gasteiger partial charge in [0.25, 0.3) is 5.91 Å². The zero-order valence-electron chi connectivity index (χ0n) is 14.8. The summed E-state index contributed by atoms with van der Waals surface area (Å²) >= 11 is 0. The van der Waals surface area contributed by atoms with Crippen molar-refractivity contribution in [2.45, 2.75) is 25.8 Å². The van der Waals surface area contributed by atoms with Gasteiger partial charge in [-0.1, -0.05) is 18.2 Å². The fourth-order valence-electron chi connectivity index (χ4n) is 3.57. The Labute approximate surface area is 156 Å². The minimum Gasteiger partial charge on any atom is -0.508 e. The van der Waals surface area contributed by atoms with Gasteiger partial charge < -0.3 is 19.2 Å². The van der Waals surface area contributed by atoms with Crippen molar-refractivity contribution >= 4 is 28.5 Å². The summed E-state index contributed by atoms with van der Waals surface area (Å²) < 4.78 is 10.6. The van der Waals surface area contributed by atoms with E-state index in [-0.39, 0.29) is 30.7 Å². The molecule has 1 aromatic heterocycles. The van der Waals surface area contributed by atoms with Crippen LogP contribution in [0.1, 0.15) is 18.1 Å². The number of amides is 1. The van der Waals surface area contributed by atoms with E-state index >= 15 is 0 Å². The molecule has 1 aliphatic rings. The van der Waals surface area contributed by atoms with Gasteiger partial charge in [-0.25, -0.2) is 0 Å². The maximum Gasteiger partial charge on any atom is 0.310 e. The van der Waals surface area contributed by atoms with Crippen molar-refractivity contribution in [2.75, 3.05) is 11.5 Å². The van der Waals surface area contributed by atoms with Crippen molar-refractivity contribution in [3.63, 3.8) is 0 Å². The summed E-state index contributed by atoms with van der Waals surface area (Å²) in [5.74, 6) is -0.640. The van der Waals surface area contributed by atoms with E-state index in [1.807, 2.05) is 31.2 Å². The molecule has 0 saturated carbocycles. The first-order valence-electron chi connectivity index (χ1n) is 8.77. The van der Waals surface area contributed by atoms with Crippen molar-refractivity contribution in [1.29, 1.82) is 0 Å². The molecule has 1 N–H and O–H groups in total. The van der Waals surface area contributed by atoms with E-state index in [2.05, 4.69) is 0 Å². The summed E-state index contributed by atoms with van der Waals surface area (Å²) in [5, 5.41) is 10.2. The standard InChI is InChI=1S/C21H19NO5/c1-13-8-14-4-2-3-5-18(14)22(13)20(24)12-27-21(25)9-15-11-26-19-10-16(23)6-7-17(15)19/h2-7,10-11,13,23H,8-9,12H2,1H3. The number of nitrogens with zero attached hydrogens (tertiary/aromatic N) is 1. The summed E-state index contributed by atoms with van der Waals surface area (Å²) in [7, 11) is 0. The molecule has 0 fully saturated rings. The third-order valence-electron chi connectivity index (χ3n) is 4.81. The molecule has 27 heavy (non-hydrogen) atoms. The van der Waals surface area contributed by atoms with Crippen LogP contribution in [0.25, 0.3) is 11.0 Å². The molecule has 6 nitrogen and oxygen atoms in total. The molecule has 6 heteroatoms. The molecule has 3 aromatic rings. The molecule has 0 spiro atoms. The van der Waals surface area contributed by atoms with Gasteiger partial charge in [-0.15, -0.1) is 0 Å². The zero-order chi connectivity index (χ0) is 19.0. The number of phenolic OH excluding ortho intramolecular Hbond substituents is 1. The van der Waals surface area contributed by atoms with E-state index in [0.29, 0.717) is 11.1 Å². The van der Waals surface area contributed by atoms with Crippen molar-refractivity contribution < 1.29 is 23.8 Å². The number of hydrogen-bond acceptors (Lipinski definition) is 5. The predicted molar refractivity (Wildman–Crippen MR) is 99.6 cm³/mol. The number of carbonyl (C=O) groups excluding carboxylic acids is 2. The number of phenols is 1. The second-order valence-corrected chi connectivity index (χ2v) is 6.72. The van der Waals surface area contributed by atoms with Gasteiger partial charge in [0.05, 0.1) is 12.7 Å². The Bertz CT molecular complexity index is 1020. The van der Waals surface area contributed by atoms with Gasteiger partial charge in [0.15, 0.2) is 6.61 Å². The number of ether oxygens (including phenoxy) is 1. The topological polar surface area (TPSA) is 80.0 Å². The van der Waals surface area contributed by atoms with Crippen LogP contribution in [0.5, 0.6) is 5.75 Å². The Balaban J connectivity index is 1.40. The average molecular weight is 365 g/mol.